The molecule has 26 heavy (non-hydrogen) atoms. The second kappa shape index (κ2) is 8.81. The quantitative estimate of drug-likeness (QED) is 0.584. The zero-order valence-corrected chi connectivity index (χ0v) is 15.0. The Morgan fingerprint density at radius 1 is 1.38 bits per heavy atom. The lowest BCUT2D eigenvalue weighted by Gasteiger charge is -2.27. The smallest absolute Gasteiger partial charge is 0.232 e. The summed E-state index contributed by atoms with van der Waals surface area (Å²) in [4.78, 5) is 13.9. The van der Waals surface area contributed by atoms with E-state index in [4.69, 9.17) is 4.74 Å². The largest absolute Gasteiger partial charge is 0.378 e. The van der Waals surface area contributed by atoms with Crippen molar-refractivity contribution in [3.63, 3.8) is 0 Å². The van der Waals surface area contributed by atoms with Crippen LogP contribution in [0.4, 0.5) is 10.3 Å². The number of hydrogen-bond donors (Lipinski definition) is 1. The number of benzene rings is 1. The van der Waals surface area contributed by atoms with Crippen molar-refractivity contribution in [2.24, 2.45) is 0 Å². The summed E-state index contributed by atoms with van der Waals surface area (Å²) in [6.07, 6.45) is 1.62. The second-order valence-electron chi connectivity index (χ2n) is 5.58. The summed E-state index contributed by atoms with van der Waals surface area (Å²) in [6.45, 7) is 6.54. The lowest BCUT2D eigenvalue weighted by Crippen LogP contribution is -2.37. The first-order valence-electron chi connectivity index (χ1n) is 8.23. The van der Waals surface area contributed by atoms with E-state index >= 15 is 0 Å². The second-order valence-corrected chi connectivity index (χ2v) is 6.52. The number of anilines is 1. The van der Waals surface area contributed by atoms with Gasteiger partial charge in [0.1, 0.15) is 5.82 Å². The highest BCUT2D eigenvalue weighted by Gasteiger charge is 2.22. The van der Waals surface area contributed by atoms with Gasteiger partial charge >= 0.3 is 0 Å². The molecule has 1 aromatic carbocycles. The summed E-state index contributed by atoms with van der Waals surface area (Å²) in [5.74, 6) is 0.332. The monoisotopic (exact) mass is 377 g/mol. The molecule has 0 atom stereocenters. The third-order valence-electron chi connectivity index (χ3n) is 3.75. The first kappa shape index (κ1) is 18.4. The lowest BCUT2D eigenvalue weighted by atomic mass is 10.3. The predicted molar refractivity (Wildman–Crippen MR) is 98.3 cm³/mol. The van der Waals surface area contributed by atoms with E-state index in [0.29, 0.717) is 49.6 Å². The van der Waals surface area contributed by atoms with Crippen molar-refractivity contribution in [1.29, 1.82) is 0 Å². The molecule has 2 heterocycles. The molecular formula is C17H20FN5O2S. The minimum atomic E-state index is -0.344. The average Bonchev–Trinajstić information content (AvgIpc) is 3.09. The Morgan fingerprint density at radius 2 is 2.19 bits per heavy atom. The molecule has 1 saturated heterocycles. The Hall–Kier alpha value is -2.39. The van der Waals surface area contributed by atoms with E-state index in [1.165, 1.54) is 23.9 Å². The molecule has 0 aliphatic carbocycles. The average molecular weight is 377 g/mol. The fourth-order valence-electron chi connectivity index (χ4n) is 2.53. The van der Waals surface area contributed by atoms with Crippen LogP contribution >= 0.6 is 11.8 Å². The number of rotatable bonds is 7. The van der Waals surface area contributed by atoms with Gasteiger partial charge in [0.2, 0.25) is 11.9 Å². The van der Waals surface area contributed by atoms with Crippen LogP contribution in [-0.2, 0) is 9.53 Å². The maximum atomic E-state index is 13.8. The van der Waals surface area contributed by atoms with E-state index in [1.54, 1.807) is 22.8 Å². The lowest BCUT2D eigenvalue weighted by molar-refractivity contribution is -0.118. The van der Waals surface area contributed by atoms with Crippen molar-refractivity contribution >= 4 is 23.6 Å². The van der Waals surface area contributed by atoms with Gasteiger partial charge in [-0.05, 0) is 18.2 Å². The van der Waals surface area contributed by atoms with Crippen LogP contribution in [0, 0.1) is 5.82 Å². The molecular weight excluding hydrogens is 357 g/mol. The maximum Gasteiger partial charge on any atom is 0.232 e. The number of aromatic nitrogens is 3. The molecule has 0 radical (unpaired) electrons. The number of nitrogens with one attached hydrogen (secondary N) is 1. The SMILES string of the molecule is C=CCNC(=O)CSc1nnc(N2CCOCC2)n1-c1cccc(F)c1. The van der Waals surface area contributed by atoms with Crippen LogP contribution in [-0.4, -0.2) is 59.3 Å². The van der Waals surface area contributed by atoms with E-state index < -0.39 is 0 Å². The normalized spacial score (nSPS) is 14.3. The molecule has 7 nitrogen and oxygen atoms in total. The summed E-state index contributed by atoms with van der Waals surface area (Å²) in [6, 6.07) is 6.24. The van der Waals surface area contributed by atoms with Crippen LogP contribution in [0.15, 0.2) is 42.1 Å². The van der Waals surface area contributed by atoms with Crippen LogP contribution in [0.2, 0.25) is 0 Å². The Bertz CT molecular complexity index is 776. The van der Waals surface area contributed by atoms with Gasteiger partial charge in [0.25, 0.3) is 0 Å². The summed E-state index contributed by atoms with van der Waals surface area (Å²) in [7, 11) is 0. The number of thioether (sulfide) groups is 1. The molecule has 1 aromatic heterocycles. The first-order valence-corrected chi connectivity index (χ1v) is 9.22. The van der Waals surface area contributed by atoms with Gasteiger partial charge in [0.05, 0.1) is 24.7 Å². The van der Waals surface area contributed by atoms with Gasteiger partial charge in [-0.2, -0.15) is 0 Å². The maximum absolute atomic E-state index is 13.8. The highest BCUT2D eigenvalue weighted by atomic mass is 32.2. The van der Waals surface area contributed by atoms with Crippen LogP contribution in [0.5, 0.6) is 0 Å². The number of ether oxygens (including phenoxy) is 1. The van der Waals surface area contributed by atoms with Gasteiger partial charge in [-0.1, -0.05) is 23.9 Å². The van der Waals surface area contributed by atoms with E-state index in [0.717, 1.165) is 0 Å². The summed E-state index contributed by atoms with van der Waals surface area (Å²) >= 11 is 1.25. The third kappa shape index (κ3) is 4.41. The zero-order valence-electron chi connectivity index (χ0n) is 14.2. The Kier molecular flexibility index (Phi) is 6.24. The summed E-state index contributed by atoms with van der Waals surface area (Å²) in [5, 5.41) is 11.8. The molecule has 1 fully saturated rings. The molecule has 1 aliphatic rings. The molecule has 1 amide bonds. The van der Waals surface area contributed by atoms with Crippen molar-refractivity contribution < 1.29 is 13.9 Å². The van der Waals surface area contributed by atoms with E-state index in [-0.39, 0.29) is 17.5 Å². The number of halogens is 1. The molecule has 1 N–H and O–H groups in total. The first-order chi connectivity index (χ1) is 12.7. The number of carbonyl (C=O) groups excluding carboxylic acids is 1. The van der Waals surface area contributed by atoms with Crippen molar-refractivity contribution in [3.05, 3.63) is 42.7 Å². The number of hydrogen-bond acceptors (Lipinski definition) is 6. The van der Waals surface area contributed by atoms with Crippen molar-refractivity contribution in [2.75, 3.05) is 43.5 Å². The highest BCUT2D eigenvalue weighted by Crippen LogP contribution is 2.27. The van der Waals surface area contributed by atoms with Crippen LogP contribution in [0.25, 0.3) is 5.69 Å². The van der Waals surface area contributed by atoms with Gasteiger partial charge in [0, 0.05) is 19.6 Å². The number of carbonyl (C=O) groups is 1. The van der Waals surface area contributed by atoms with Gasteiger partial charge in [-0.15, -0.1) is 16.8 Å². The molecule has 9 heteroatoms. The minimum absolute atomic E-state index is 0.128. The molecule has 0 saturated carbocycles. The van der Waals surface area contributed by atoms with E-state index in [1.807, 2.05) is 4.90 Å². The van der Waals surface area contributed by atoms with Crippen LogP contribution < -0.4 is 10.2 Å². The van der Waals surface area contributed by atoms with Crippen LogP contribution in [0.3, 0.4) is 0 Å². The van der Waals surface area contributed by atoms with Gasteiger partial charge in [-0.25, -0.2) is 4.39 Å². The number of amides is 1. The van der Waals surface area contributed by atoms with E-state index in [2.05, 4.69) is 22.1 Å². The molecule has 0 unspecified atom stereocenters. The van der Waals surface area contributed by atoms with Gasteiger partial charge < -0.3 is 15.0 Å². The fourth-order valence-corrected chi connectivity index (χ4v) is 3.31. The Balaban J connectivity index is 1.87. The van der Waals surface area contributed by atoms with E-state index in [9.17, 15) is 9.18 Å². The van der Waals surface area contributed by atoms with Crippen molar-refractivity contribution in [2.45, 2.75) is 5.16 Å². The standard InChI is InChI=1S/C17H20FN5O2S/c1-2-6-19-15(24)12-26-17-21-20-16(22-7-9-25-10-8-22)23(17)14-5-3-4-13(18)11-14/h2-5,11H,1,6-10,12H2,(H,19,24). The highest BCUT2D eigenvalue weighted by molar-refractivity contribution is 7.99. The Labute approximate surface area is 155 Å². The fraction of sp³-hybridized carbons (Fsp3) is 0.353. The number of nitrogens with zero attached hydrogens (tertiary/aromatic N) is 4. The van der Waals surface area contributed by atoms with Crippen LogP contribution in [0.1, 0.15) is 0 Å². The van der Waals surface area contributed by atoms with Gasteiger partial charge in [0.15, 0.2) is 5.16 Å². The topological polar surface area (TPSA) is 72.3 Å². The van der Waals surface area contributed by atoms with Gasteiger partial charge in [-0.3, -0.25) is 9.36 Å². The molecule has 1 aliphatic heterocycles. The molecule has 3 rings (SSSR count). The number of morpholine rings is 1. The molecule has 138 valence electrons. The Morgan fingerprint density at radius 3 is 2.92 bits per heavy atom. The summed E-state index contributed by atoms with van der Waals surface area (Å²) in [5.41, 5.74) is 0.616. The molecule has 0 spiro atoms. The predicted octanol–water partition coefficient (Wildman–Crippen LogP) is 1.64. The summed E-state index contributed by atoms with van der Waals surface area (Å²) < 4.78 is 20.9. The van der Waals surface area contributed by atoms with Crippen molar-refractivity contribution in [1.82, 2.24) is 20.1 Å². The molecule has 2 aromatic rings. The minimum Gasteiger partial charge on any atom is -0.378 e. The van der Waals surface area contributed by atoms with Crippen molar-refractivity contribution in [3.8, 4) is 5.69 Å². The zero-order chi connectivity index (χ0) is 18.4. The third-order valence-corrected chi connectivity index (χ3v) is 4.68. The molecule has 0 bridgehead atoms.